The van der Waals surface area contributed by atoms with Gasteiger partial charge in [0.15, 0.2) is 0 Å². The molecule has 6 nitrogen and oxygen atoms in total. The minimum atomic E-state index is -1.14. The van der Waals surface area contributed by atoms with Crippen molar-refractivity contribution in [2.75, 3.05) is 6.54 Å². The first-order chi connectivity index (χ1) is 15.5. The topological polar surface area (TPSA) is 95.5 Å². The van der Waals surface area contributed by atoms with Gasteiger partial charge >= 0.3 is 5.97 Å². The van der Waals surface area contributed by atoms with Gasteiger partial charge in [0, 0.05) is 12.8 Å². The van der Waals surface area contributed by atoms with Crippen molar-refractivity contribution in [3.05, 3.63) is 72.8 Å². The van der Waals surface area contributed by atoms with Crippen LogP contribution in [-0.4, -0.2) is 35.5 Å². The zero-order valence-corrected chi connectivity index (χ0v) is 17.6. The summed E-state index contributed by atoms with van der Waals surface area (Å²) >= 11 is 0. The molecule has 0 bridgehead atoms. The van der Waals surface area contributed by atoms with Crippen molar-refractivity contribution in [2.24, 2.45) is 0 Å². The van der Waals surface area contributed by atoms with Crippen LogP contribution in [0.4, 0.5) is 0 Å². The Balaban J connectivity index is 1.72. The SMILES string of the molecule is C=CCCC(=O)N[C@@H](Cc1ccc2ccc3cccc4ccc1c2c34)C(=O)NCC(=O)O. The lowest BCUT2D eigenvalue weighted by molar-refractivity contribution is -0.138. The molecule has 4 aromatic rings. The van der Waals surface area contributed by atoms with Crippen LogP contribution < -0.4 is 10.6 Å². The molecule has 0 spiro atoms. The Morgan fingerprint density at radius 3 is 2.28 bits per heavy atom. The van der Waals surface area contributed by atoms with E-state index in [1.807, 2.05) is 24.3 Å². The number of nitrogens with one attached hydrogen (secondary N) is 2. The highest BCUT2D eigenvalue weighted by Gasteiger charge is 2.23. The second-order valence-corrected chi connectivity index (χ2v) is 7.84. The lowest BCUT2D eigenvalue weighted by atomic mass is 9.90. The molecule has 4 aromatic carbocycles. The third-order valence-electron chi connectivity index (χ3n) is 5.68. The number of hydrogen-bond donors (Lipinski definition) is 3. The quantitative estimate of drug-likeness (QED) is 0.279. The van der Waals surface area contributed by atoms with Gasteiger partial charge in [0.25, 0.3) is 0 Å². The van der Waals surface area contributed by atoms with Gasteiger partial charge in [-0.05, 0) is 44.3 Å². The molecule has 162 valence electrons. The van der Waals surface area contributed by atoms with Gasteiger partial charge in [-0.3, -0.25) is 14.4 Å². The summed E-state index contributed by atoms with van der Waals surface area (Å²) in [6.45, 7) is 3.11. The van der Waals surface area contributed by atoms with Crippen molar-refractivity contribution in [3.8, 4) is 0 Å². The first-order valence-electron chi connectivity index (χ1n) is 10.5. The molecule has 6 heteroatoms. The average Bonchev–Trinajstić information content (AvgIpc) is 2.80. The van der Waals surface area contributed by atoms with Gasteiger partial charge in [-0.15, -0.1) is 6.58 Å². The fourth-order valence-corrected chi connectivity index (χ4v) is 4.19. The molecular formula is C26H24N2O4. The first kappa shape index (κ1) is 21.3. The minimum absolute atomic E-state index is 0.213. The molecule has 3 N–H and O–H groups in total. The van der Waals surface area contributed by atoms with Crippen molar-refractivity contribution < 1.29 is 19.5 Å². The van der Waals surface area contributed by atoms with E-state index in [0.717, 1.165) is 32.5 Å². The normalized spacial score (nSPS) is 12.1. The largest absolute Gasteiger partial charge is 0.480 e. The van der Waals surface area contributed by atoms with E-state index in [2.05, 4.69) is 47.5 Å². The highest BCUT2D eigenvalue weighted by Crippen LogP contribution is 2.36. The molecular weight excluding hydrogens is 404 g/mol. The molecule has 0 aromatic heterocycles. The number of carbonyl (C=O) groups is 3. The van der Waals surface area contributed by atoms with E-state index in [4.69, 9.17) is 5.11 Å². The Morgan fingerprint density at radius 1 is 0.938 bits per heavy atom. The lowest BCUT2D eigenvalue weighted by Gasteiger charge is -2.20. The predicted octanol–water partition coefficient (Wildman–Crippen LogP) is 3.78. The number of rotatable bonds is 9. The van der Waals surface area contributed by atoms with Crippen molar-refractivity contribution in [2.45, 2.75) is 25.3 Å². The number of carbonyl (C=O) groups excluding carboxylic acids is 2. The Kier molecular flexibility index (Phi) is 6.03. The number of amides is 2. The van der Waals surface area contributed by atoms with E-state index in [0.29, 0.717) is 6.42 Å². The Bertz CT molecular complexity index is 1310. The van der Waals surface area contributed by atoms with Crippen LogP contribution in [0, 0.1) is 0 Å². The summed E-state index contributed by atoms with van der Waals surface area (Å²) in [5.74, 6) is -1.94. The van der Waals surface area contributed by atoms with Crippen molar-refractivity contribution in [1.82, 2.24) is 10.6 Å². The van der Waals surface area contributed by atoms with E-state index < -0.39 is 24.5 Å². The maximum atomic E-state index is 12.7. The molecule has 0 heterocycles. The predicted molar refractivity (Wildman–Crippen MR) is 126 cm³/mol. The van der Waals surface area contributed by atoms with Gasteiger partial charge in [0.1, 0.15) is 12.6 Å². The second kappa shape index (κ2) is 9.06. The maximum Gasteiger partial charge on any atom is 0.322 e. The lowest BCUT2D eigenvalue weighted by Crippen LogP contribution is -2.49. The molecule has 0 aliphatic heterocycles. The number of aliphatic carboxylic acids is 1. The molecule has 4 rings (SSSR count). The molecule has 0 unspecified atom stereocenters. The third kappa shape index (κ3) is 4.25. The zero-order valence-electron chi connectivity index (χ0n) is 17.6. The molecule has 32 heavy (non-hydrogen) atoms. The van der Waals surface area contributed by atoms with Gasteiger partial charge in [0.2, 0.25) is 11.8 Å². The summed E-state index contributed by atoms with van der Waals surface area (Å²) in [6, 6.07) is 17.6. The number of hydrogen-bond acceptors (Lipinski definition) is 3. The van der Waals surface area contributed by atoms with Crippen molar-refractivity contribution in [1.29, 1.82) is 0 Å². The van der Waals surface area contributed by atoms with Crippen LogP contribution >= 0.6 is 0 Å². The Hall–Kier alpha value is -3.93. The van der Waals surface area contributed by atoms with E-state index >= 15 is 0 Å². The van der Waals surface area contributed by atoms with Gasteiger partial charge in [-0.1, -0.05) is 60.7 Å². The molecule has 0 aliphatic rings. The van der Waals surface area contributed by atoms with Gasteiger partial charge < -0.3 is 15.7 Å². The van der Waals surface area contributed by atoms with Gasteiger partial charge in [-0.2, -0.15) is 0 Å². The van der Waals surface area contributed by atoms with Crippen LogP contribution in [0.15, 0.2) is 67.3 Å². The maximum absolute atomic E-state index is 12.7. The Labute approximate surface area is 185 Å². The van der Waals surface area contributed by atoms with Crippen LogP contribution in [0.1, 0.15) is 18.4 Å². The molecule has 2 amide bonds. The zero-order chi connectivity index (χ0) is 22.7. The highest BCUT2D eigenvalue weighted by molar-refractivity contribution is 6.23. The van der Waals surface area contributed by atoms with Crippen molar-refractivity contribution >= 4 is 50.1 Å². The third-order valence-corrected chi connectivity index (χ3v) is 5.68. The number of allylic oxidation sites excluding steroid dienone is 1. The number of carboxylic acid groups (broad SMARTS) is 1. The smallest absolute Gasteiger partial charge is 0.322 e. The average molecular weight is 428 g/mol. The molecule has 0 aliphatic carbocycles. The molecule has 0 saturated carbocycles. The molecule has 0 radical (unpaired) electrons. The van der Waals surface area contributed by atoms with Crippen molar-refractivity contribution in [3.63, 3.8) is 0 Å². The standard InChI is InChI=1S/C26H24N2O4/c1-2-3-7-22(29)28-21(26(32)27-15-23(30)31)14-19-11-10-18-9-8-16-5-4-6-17-12-13-20(19)25(18)24(16)17/h2,4-6,8-13,21H,1,3,7,14-15H2,(H,27,32)(H,28,29)(H,30,31)/t21-/m0/s1. The molecule has 0 fully saturated rings. The summed E-state index contributed by atoms with van der Waals surface area (Å²) in [4.78, 5) is 36.0. The van der Waals surface area contributed by atoms with Crippen LogP contribution in [0.3, 0.4) is 0 Å². The second-order valence-electron chi connectivity index (χ2n) is 7.84. The number of benzene rings is 4. The Morgan fingerprint density at radius 2 is 1.59 bits per heavy atom. The van der Waals surface area contributed by atoms with E-state index in [9.17, 15) is 14.4 Å². The fourth-order valence-electron chi connectivity index (χ4n) is 4.19. The van der Waals surface area contributed by atoms with Gasteiger partial charge in [0.05, 0.1) is 0 Å². The summed E-state index contributed by atoms with van der Waals surface area (Å²) < 4.78 is 0. The summed E-state index contributed by atoms with van der Waals surface area (Å²) in [5.41, 5.74) is 0.912. The summed E-state index contributed by atoms with van der Waals surface area (Å²) in [5, 5.41) is 20.8. The monoisotopic (exact) mass is 428 g/mol. The summed E-state index contributed by atoms with van der Waals surface area (Å²) in [6.07, 6.45) is 2.60. The van der Waals surface area contributed by atoms with Crippen LogP contribution in [0.5, 0.6) is 0 Å². The van der Waals surface area contributed by atoms with Gasteiger partial charge in [-0.25, -0.2) is 0 Å². The summed E-state index contributed by atoms with van der Waals surface area (Å²) in [7, 11) is 0. The van der Waals surface area contributed by atoms with E-state index in [1.165, 1.54) is 5.39 Å². The van der Waals surface area contributed by atoms with Crippen LogP contribution in [0.2, 0.25) is 0 Å². The minimum Gasteiger partial charge on any atom is -0.480 e. The first-order valence-corrected chi connectivity index (χ1v) is 10.5. The van der Waals surface area contributed by atoms with Crippen LogP contribution in [-0.2, 0) is 20.8 Å². The molecule has 1 atom stereocenters. The van der Waals surface area contributed by atoms with Crippen LogP contribution in [0.25, 0.3) is 32.3 Å². The van der Waals surface area contributed by atoms with E-state index in [1.54, 1.807) is 6.08 Å². The van der Waals surface area contributed by atoms with E-state index in [-0.39, 0.29) is 18.7 Å². The fraction of sp³-hybridized carbons (Fsp3) is 0.192. The highest BCUT2D eigenvalue weighted by atomic mass is 16.4. The number of carboxylic acids is 1. The molecule has 0 saturated heterocycles.